The fourth-order valence-corrected chi connectivity index (χ4v) is 9.80. The summed E-state index contributed by atoms with van der Waals surface area (Å²) in [5, 5.41) is 0. The summed E-state index contributed by atoms with van der Waals surface area (Å²) in [5.74, 6) is 2.25. The van der Waals surface area contributed by atoms with Gasteiger partial charge in [-0.3, -0.25) is 9.59 Å². The molecule has 4 saturated carbocycles. The second-order valence-electron chi connectivity index (χ2n) is 11.7. The average molecular weight is 500 g/mol. The monoisotopic (exact) mass is 499 g/mol. The molecule has 2 heterocycles. The highest BCUT2D eigenvalue weighted by Crippen LogP contribution is 2.60. The minimum Gasteiger partial charge on any atom is -0.339 e. The van der Waals surface area contributed by atoms with E-state index in [4.69, 9.17) is 0 Å². The van der Waals surface area contributed by atoms with Gasteiger partial charge in [-0.2, -0.15) is 4.31 Å². The largest absolute Gasteiger partial charge is 0.339 e. The summed E-state index contributed by atoms with van der Waals surface area (Å²) in [6.07, 6.45) is 9.86. The molecule has 1 aromatic carbocycles. The van der Waals surface area contributed by atoms with Gasteiger partial charge in [-0.05, 0) is 81.3 Å². The number of amides is 2. The Bertz CT molecular complexity index is 1070. The molecule has 0 spiro atoms. The lowest BCUT2D eigenvalue weighted by molar-refractivity contribution is -0.159. The third kappa shape index (κ3) is 4.10. The summed E-state index contributed by atoms with van der Waals surface area (Å²) in [4.78, 5) is 31.0. The number of nitrogens with zero attached hydrogens (tertiary/aromatic N) is 3. The van der Waals surface area contributed by atoms with E-state index >= 15 is 0 Å². The number of carbonyl (C=O) groups is 2. The average Bonchev–Trinajstić information content (AvgIpc) is 2.88. The Labute approximate surface area is 208 Å². The molecule has 1 aromatic rings. The van der Waals surface area contributed by atoms with Crippen molar-refractivity contribution in [2.24, 2.45) is 23.2 Å². The molecule has 0 radical (unpaired) electrons. The normalized spacial score (nSPS) is 33.2. The molecule has 0 unspecified atom stereocenters. The summed E-state index contributed by atoms with van der Waals surface area (Å²) < 4.78 is 28.2. The third-order valence-corrected chi connectivity index (χ3v) is 11.4. The molecule has 2 amide bonds. The quantitative estimate of drug-likeness (QED) is 0.637. The summed E-state index contributed by atoms with van der Waals surface area (Å²) in [6.45, 7) is 3.00. The van der Waals surface area contributed by atoms with Crippen LogP contribution in [0, 0.1) is 23.2 Å². The van der Waals surface area contributed by atoms with E-state index in [1.807, 2.05) is 4.90 Å². The Kier molecular flexibility index (Phi) is 5.95. The topological polar surface area (TPSA) is 78.0 Å². The van der Waals surface area contributed by atoms with Crippen molar-refractivity contribution in [2.75, 3.05) is 39.3 Å². The van der Waals surface area contributed by atoms with Gasteiger partial charge in [0.25, 0.3) is 5.91 Å². The van der Waals surface area contributed by atoms with Crippen LogP contribution in [0.15, 0.2) is 29.2 Å². The van der Waals surface area contributed by atoms with Gasteiger partial charge < -0.3 is 9.80 Å². The van der Waals surface area contributed by atoms with Crippen LogP contribution >= 0.6 is 0 Å². The van der Waals surface area contributed by atoms with Crippen molar-refractivity contribution in [1.82, 2.24) is 14.1 Å². The zero-order valence-electron chi connectivity index (χ0n) is 20.5. The first-order valence-electron chi connectivity index (χ1n) is 13.5. The first-order valence-corrected chi connectivity index (χ1v) is 15.0. The van der Waals surface area contributed by atoms with E-state index in [1.54, 1.807) is 29.2 Å². The van der Waals surface area contributed by atoms with Crippen LogP contribution in [0.3, 0.4) is 0 Å². The molecule has 4 aliphatic carbocycles. The summed E-state index contributed by atoms with van der Waals surface area (Å²) in [6, 6.07) is 6.61. The lowest BCUT2D eigenvalue weighted by Crippen LogP contribution is -2.58. The number of piperazine rings is 1. The molecule has 7 rings (SSSR count). The Morgan fingerprint density at radius 3 is 1.89 bits per heavy atom. The van der Waals surface area contributed by atoms with Crippen LogP contribution in [0.4, 0.5) is 0 Å². The molecule has 0 atom stereocenters. The van der Waals surface area contributed by atoms with Gasteiger partial charge in [-0.15, -0.1) is 0 Å². The Morgan fingerprint density at radius 2 is 1.29 bits per heavy atom. The van der Waals surface area contributed by atoms with Crippen molar-refractivity contribution in [3.8, 4) is 0 Å². The third-order valence-electron chi connectivity index (χ3n) is 9.40. The van der Waals surface area contributed by atoms with Gasteiger partial charge in [-0.1, -0.05) is 18.6 Å². The predicted octanol–water partition coefficient (Wildman–Crippen LogP) is 3.36. The van der Waals surface area contributed by atoms with Gasteiger partial charge in [0.15, 0.2) is 0 Å². The standard InChI is InChI=1S/C27H37N3O4S/c31-25(23-6-2-3-7-24(23)35(33,34)30-8-4-1-5-9-30)28-10-12-29(13-11-28)26(32)27-17-20-14-21(18-27)16-22(15-20)19-27/h2-3,6-7,20-22H,1,4-5,8-19H2. The maximum atomic E-state index is 13.7. The fraction of sp³-hybridized carbons (Fsp3) is 0.704. The van der Waals surface area contributed by atoms with Crippen LogP contribution in [0.5, 0.6) is 0 Å². The van der Waals surface area contributed by atoms with Gasteiger partial charge in [0.05, 0.1) is 15.9 Å². The number of rotatable bonds is 4. The summed E-state index contributed by atoms with van der Waals surface area (Å²) in [5.41, 5.74) is 0.0923. The predicted molar refractivity (Wildman–Crippen MR) is 132 cm³/mol. The highest BCUT2D eigenvalue weighted by molar-refractivity contribution is 7.89. The van der Waals surface area contributed by atoms with Crippen LogP contribution < -0.4 is 0 Å². The van der Waals surface area contributed by atoms with Gasteiger partial charge in [-0.25, -0.2) is 8.42 Å². The number of hydrogen-bond donors (Lipinski definition) is 0. The smallest absolute Gasteiger partial charge is 0.255 e. The van der Waals surface area contributed by atoms with Crippen molar-refractivity contribution < 1.29 is 18.0 Å². The Morgan fingerprint density at radius 1 is 0.743 bits per heavy atom. The van der Waals surface area contributed by atoms with E-state index < -0.39 is 10.0 Å². The van der Waals surface area contributed by atoms with Crippen molar-refractivity contribution in [3.63, 3.8) is 0 Å². The molecule has 0 N–H and O–H groups in total. The zero-order chi connectivity index (χ0) is 24.2. The number of hydrogen-bond acceptors (Lipinski definition) is 4. The van der Waals surface area contributed by atoms with Gasteiger partial charge in [0.2, 0.25) is 15.9 Å². The minimum atomic E-state index is -3.71. The molecule has 2 saturated heterocycles. The van der Waals surface area contributed by atoms with E-state index in [9.17, 15) is 18.0 Å². The zero-order valence-corrected chi connectivity index (χ0v) is 21.3. The second-order valence-corrected chi connectivity index (χ2v) is 13.6. The van der Waals surface area contributed by atoms with Crippen LogP contribution in [-0.2, 0) is 14.8 Å². The highest BCUT2D eigenvalue weighted by Gasteiger charge is 2.55. The molecule has 4 bridgehead atoms. The molecule has 7 nitrogen and oxygen atoms in total. The van der Waals surface area contributed by atoms with Gasteiger partial charge >= 0.3 is 0 Å². The van der Waals surface area contributed by atoms with Crippen molar-refractivity contribution in [3.05, 3.63) is 29.8 Å². The molecular weight excluding hydrogens is 462 g/mol. The molecule has 2 aliphatic heterocycles. The van der Waals surface area contributed by atoms with E-state index in [1.165, 1.54) is 23.6 Å². The molecule has 190 valence electrons. The van der Waals surface area contributed by atoms with Gasteiger partial charge in [0.1, 0.15) is 0 Å². The lowest BCUT2D eigenvalue weighted by atomic mass is 9.49. The maximum Gasteiger partial charge on any atom is 0.255 e. The summed E-state index contributed by atoms with van der Waals surface area (Å²) in [7, 11) is -3.71. The van der Waals surface area contributed by atoms with E-state index in [0.29, 0.717) is 45.2 Å². The number of benzene rings is 1. The van der Waals surface area contributed by atoms with Crippen molar-refractivity contribution >= 4 is 21.8 Å². The van der Waals surface area contributed by atoms with Crippen molar-refractivity contribution in [2.45, 2.75) is 62.7 Å². The number of carbonyl (C=O) groups excluding carboxylic acids is 2. The van der Waals surface area contributed by atoms with Crippen LogP contribution in [-0.4, -0.2) is 73.6 Å². The van der Waals surface area contributed by atoms with Crippen LogP contribution in [0.1, 0.15) is 68.1 Å². The number of piperidine rings is 1. The molecule has 8 heteroatoms. The highest BCUT2D eigenvalue weighted by atomic mass is 32.2. The minimum absolute atomic E-state index is 0.110. The van der Waals surface area contributed by atoms with E-state index in [2.05, 4.69) is 0 Å². The van der Waals surface area contributed by atoms with E-state index in [0.717, 1.165) is 56.3 Å². The Hall–Kier alpha value is -1.93. The molecule has 6 fully saturated rings. The summed E-state index contributed by atoms with van der Waals surface area (Å²) >= 11 is 0. The first-order chi connectivity index (χ1) is 16.9. The lowest BCUT2D eigenvalue weighted by Gasteiger charge is -2.57. The Balaban J connectivity index is 1.15. The van der Waals surface area contributed by atoms with Gasteiger partial charge in [0, 0.05) is 39.3 Å². The van der Waals surface area contributed by atoms with Crippen molar-refractivity contribution in [1.29, 1.82) is 0 Å². The second kappa shape index (κ2) is 8.87. The fourth-order valence-electron chi connectivity index (χ4n) is 8.10. The van der Waals surface area contributed by atoms with E-state index in [-0.39, 0.29) is 21.8 Å². The van der Waals surface area contributed by atoms with Crippen LogP contribution in [0.25, 0.3) is 0 Å². The maximum absolute atomic E-state index is 13.7. The molecule has 6 aliphatic rings. The molecule has 0 aromatic heterocycles. The molecule has 35 heavy (non-hydrogen) atoms. The van der Waals surface area contributed by atoms with Crippen LogP contribution in [0.2, 0.25) is 0 Å². The first kappa shape index (κ1) is 23.5. The molecular formula is C27H37N3O4S. The number of sulfonamides is 1. The SMILES string of the molecule is O=C(c1ccccc1S(=O)(=O)N1CCCCC1)N1CCN(C(=O)C23CC4CC(CC(C4)C2)C3)CC1.